The Morgan fingerprint density at radius 3 is 1.72 bits per heavy atom. The highest BCUT2D eigenvalue weighted by Crippen LogP contribution is 2.09. The van der Waals surface area contributed by atoms with Crippen molar-refractivity contribution < 1.29 is 0 Å². The molecular formula is C31H55N. The van der Waals surface area contributed by atoms with Gasteiger partial charge in [0.05, 0.1) is 0 Å². The molecule has 0 unspecified atom stereocenters. The summed E-state index contributed by atoms with van der Waals surface area (Å²) >= 11 is 0. The number of allylic oxidation sites excluding steroid dienone is 1. The Hall–Kier alpha value is -1.86. The van der Waals surface area contributed by atoms with Gasteiger partial charge in [0.2, 0.25) is 0 Å². The minimum Gasteiger partial charge on any atom is -0.330 e. The van der Waals surface area contributed by atoms with Gasteiger partial charge in [-0.1, -0.05) is 121 Å². The van der Waals surface area contributed by atoms with Crippen molar-refractivity contribution in [3.05, 3.63) is 83.9 Å². The van der Waals surface area contributed by atoms with Crippen LogP contribution in [0, 0.1) is 6.92 Å². The van der Waals surface area contributed by atoms with Crippen molar-refractivity contribution in [1.29, 1.82) is 0 Å². The van der Waals surface area contributed by atoms with E-state index in [9.17, 15) is 0 Å². The van der Waals surface area contributed by atoms with Crippen LogP contribution in [0.5, 0.6) is 0 Å². The van der Waals surface area contributed by atoms with E-state index in [-0.39, 0.29) is 7.43 Å². The minimum atomic E-state index is 0. The van der Waals surface area contributed by atoms with E-state index in [0.29, 0.717) is 0 Å². The van der Waals surface area contributed by atoms with Crippen LogP contribution in [0.25, 0.3) is 0 Å². The van der Waals surface area contributed by atoms with Crippen LogP contribution < -0.4 is 5.73 Å². The van der Waals surface area contributed by atoms with Crippen molar-refractivity contribution in [2.24, 2.45) is 5.73 Å². The fourth-order valence-corrected chi connectivity index (χ4v) is 2.75. The molecule has 0 aromatic heterocycles. The molecule has 1 heteroatoms. The van der Waals surface area contributed by atoms with Crippen molar-refractivity contribution in [2.45, 2.75) is 106 Å². The van der Waals surface area contributed by atoms with E-state index in [1.807, 2.05) is 19.9 Å². The maximum atomic E-state index is 5.03. The maximum Gasteiger partial charge on any atom is -0.00799 e. The summed E-state index contributed by atoms with van der Waals surface area (Å²) < 4.78 is 0. The molecule has 2 N–H and O–H groups in total. The highest BCUT2D eigenvalue weighted by Gasteiger charge is 1.92. The number of benzene rings is 2. The zero-order chi connectivity index (χ0) is 23.6. The van der Waals surface area contributed by atoms with Crippen molar-refractivity contribution >= 4 is 0 Å². The third-order valence-electron chi connectivity index (χ3n) is 4.69. The van der Waals surface area contributed by atoms with E-state index in [1.165, 1.54) is 74.5 Å². The fourth-order valence-electron chi connectivity index (χ4n) is 2.75. The maximum absolute atomic E-state index is 5.03. The van der Waals surface area contributed by atoms with Gasteiger partial charge in [-0.3, -0.25) is 0 Å². The molecule has 0 bridgehead atoms. The predicted molar refractivity (Wildman–Crippen MR) is 151 cm³/mol. The summed E-state index contributed by atoms with van der Waals surface area (Å²) in [5, 5.41) is 0. The molecule has 2 aromatic rings. The largest absolute Gasteiger partial charge is 0.330 e. The second-order valence-corrected chi connectivity index (χ2v) is 7.60. The molecule has 0 saturated carbocycles. The first kappa shape index (κ1) is 34.7. The molecule has 2 rings (SSSR count). The minimum absolute atomic E-state index is 0. The van der Waals surface area contributed by atoms with Gasteiger partial charge in [0.1, 0.15) is 0 Å². The third-order valence-corrected chi connectivity index (χ3v) is 4.69. The normalized spacial score (nSPS) is 8.94. The first-order valence-corrected chi connectivity index (χ1v) is 12.6. The smallest absolute Gasteiger partial charge is 0.00799 e. The van der Waals surface area contributed by atoms with E-state index in [1.54, 1.807) is 0 Å². The number of aryl methyl sites for hydroxylation is 3. The predicted octanol–water partition coefficient (Wildman–Crippen LogP) is 9.72. The molecule has 184 valence electrons. The van der Waals surface area contributed by atoms with Crippen molar-refractivity contribution in [2.75, 3.05) is 6.54 Å². The Morgan fingerprint density at radius 1 is 0.719 bits per heavy atom. The lowest BCUT2D eigenvalue weighted by atomic mass is 10.1. The van der Waals surface area contributed by atoms with E-state index < -0.39 is 0 Å². The lowest BCUT2D eigenvalue weighted by Crippen LogP contribution is -1.93. The average Bonchev–Trinajstić information content (AvgIpc) is 2.83. The number of nitrogens with two attached hydrogens (primary N) is 1. The molecule has 0 radical (unpaired) electrons. The van der Waals surface area contributed by atoms with Crippen LogP contribution in [0.3, 0.4) is 0 Å². The zero-order valence-electron chi connectivity index (χ0n) is 21.3. The first-order valence-electron chi connectivity index (χ1n) is 12.6. The van der Waals surface area contributed by atoms with E-state index in [2.05, 4.69) is 81.9 Å². The Labute approximate surface area is 202 Å². The van der Waals surface area contributed by atoms with Crippen LogP contribution in [0.4, 0.5) is 0 Å². The standard InChI is InChI=1S/C14H20.C11H16.C3H9N.C2H6.CH4/c1-2-3-4-5-6-8-11-14-12-9-7-10-13-14;1-3-4-5-11-8-6-10(2)7-9-11;1-2-3-4;1-2;/h2,7,9-10,12-13H,1,3-6,8,11H2;6-9H,3-5H2,1-2H3;2-4H2,1H3;1-2H3;1H4. The summed E-state index contributed by atoms with van der Waals surface area (Å²) in [6, 6.07) is 19.6. The first-order chi connectivity index (χ1) is 15.2. The highest BCUT2D eigenvalue weighted by molar-refractivity contribution is 5.21. The van der Waals surface area contributed by atoms with Crippen molar-refractivity contribution in [3.8, 4) is 0 Å². The van der Waals surface area contributed by atoms with Crippen LogP contribution in [0.2, 0.25) is 0 Å². The number of rotatable bonds is 11. The second-order valence-electron chi connectivity index (χ2n) is 7.60. The van der Waals surface area contributed by atoms with Crippen LogP contribution in [0.15, 0.2) is 67.3 Å². The molecule has 0 fully saturated rings. The molecule has 0 saturated heterocycles. The quantitative estimate of drug-likeness (QED) is 0.272. The topological polar surface area (TPSA) is 26.0 Å². The van der Waals surface area contributed by atoms with Crippen LogP contribution >= 0.6 is 0 Å². The monoisotopic (exact) mass is 441 g/mol. The molecule has 2 aromatic carbocycles. The molecule has 1 nitrogen and oxygen atoms in total. The van der Waals surface area contributed by atoms with Gasteiger partial charge in [-0.05, 0) is 69.5 Å². The van der Waals surface area contributed by atoms with Gasteiger partial charge in [0.25, 0.3) is 0 Å². The van der Waals surface area contributed by atoms with Gasteiger partial charge < -0.3 is 5.73 Å². The Balaban J connectivity index is -0.000000418. The Bertz CT molecular complexity index is 569. The van der Waals surface area contributed by atoms with Gasteiger partial charge in [-0.25, -0.2) is 0 Å². The summed E-state index contributed by atoms with van der Waals surface area (Å²) in [5.41, 5.74) is 9.32. The Morgan fingerprint density at radius 2 is 1.22 bits per heavy atom. The molecule has 0 aliphatic carbocycles. The zero-order valence-corrected chi connectivity index (χ0v) is 21.3. The molecule has 0 atom stereocenters. The summed E-state index contributed by atoms with van der Waals surface area (Å²) in [4.78, 5) is 0. The van der Waals surface area contributed by atoms with Crippen LogP contribution in [-0.2, 0) is 12.8 Å². The molecule has 32 heavy (non-hydrogen) atoms. The summed E-state index contributed by atoms with van der Waals surface area (Å²) in [6.45, 7) is 15.0. The fraction of sp³-hybridized carbons (Fsp3) is 0.548. The van der Waals surface area contributed by atoms with Crippen molar-refractivity contribution in [3.63, 3.8) is 0 Å². The van der Waals surface area contributed by atoms with Gasteiger partial charge in [0, 0.05) is 0 Å². The molecule has 0 aliphatic heterocycles. The van der Waals surface area contributed by atoms with Gasteiger partial charge in [-0.15, -0.1) is 6.58 Å². The van der Waals surface area contributed by atoms with E-state index in [0.717, 1.165) is 13.0 Å². The van der Waals surface area contributed by atoms with Crippen molar-refractivity contribution in [1.82, 2.24) is 0 Å². The summed E-state index contributed by atoms with van der Waals surface area (Å²) in [7, 11) is 0. The lowest BCUT2D eigenvalue weighted by molar-refractivity contribution is 0.646. The second kappa shape index (κ2) is 29.1. The SMILES string of the molecule is C.C=CCCCCCCc1ccccc1.CC.CCCCc1ccc(C)cc1.CCCN. The summed E-state index contributed by atoms with van der Waals surface area (Å²) in [5.74, 6) is 0. The molecule has 0 spiro atoms. The highest BCUT2D eigenvalue weighted by atomic mass is 14.5. The van der Waals surface area contributed by atoms with E-state index in [4.69, 9.17) is 5.73 Å². The number of unbranched alkanes of at least 4 members (excludes halogenated alkanes) is 5. The van der Waals surface area contributed by atoms with Crippen LogP contribution in [0.1, 0.15) is 103 Å². The molecule has 0 amide bonds. The van der Waals surface area contributed by atoms with E-state index >= 15 is 0 Å². The molecule has 0 heterocycles. The van der Waals surface area contributed by atoms with Gasteiger partial charge >= 0.3 is 0 Å². The lowest BCUT2D eigenvalue weighted by Gasteiger charge is -2.00. The third kappa shape index (κ3) is 24.4. The molecular weight excluding hydrogens is 386 g/mol. The van der Waals surface area contributed by atoms with Crippen LogP contribution in [-0.4, -0.2) is 6.54 Å². The van der Waals surface area contributed by atoms with Gasteiger partial charge in [0.15, 0.2) is 0 Å². The number of hydrogen-bond donors (Lipinski definition) is 1. The molecule has 0 aliphatic rings. The van der Waals surface area contributed by atoms with Gasteiger partial charge in [-0.2, -0.15) is 0 Å². The Kier molecular flexibility index (Phi) is 31.6. The summed E-state index contributed by atoms with van der Waals surface area (Å²) in [6.07, 6.45) is 14.7. The number of hydrogen-bond acceptors (Lipinski definition) is 1. The average molecular weight is 442 g/mol.